The monoisotopic (exact) mass is 199 g/mol. The summed E-state index contributed by atoms with van der Waals surface area (Å²) in [7, 11) is 0. The van der Waals surface area contributed by atoms with Crippen LogP contribution in [0.15, 0.2) is 0 Å². The zero-order chi connectivity index (χ0) is 10.7. The van der Waals surface area contributed by atoms with Crippen molar-refractivity contribution in [2.75, 3.05) is 6.54 Å². The maximum absolute atomic E-state index is 11.3. The fourth-order valence-corrected chi connectivity index (χ4v) is 1.48. The molecule has 1 N–H and O–H groups in total. The molecule has 0 bridgehead atoms. The first-order valence-electron chi connectivity index (χ1n) is 4.62. The van der Waals surface area contributed by atoms with E-state index in [0.717, 1.165) is 4.90 Å². The van der Waals surface area contributed by atoms with Gasteiger partial charge in [0.05, 0.1) is 5.92 Å². The van der Waals surface area contributed by atoms with Crippen molar-refractivity contribution < 1.29 is 19.5 Å². The second-order valence-electron chi connectivity index (χ2n) is 3.33. The molecular formula is C9H13NO4. The Morgan fingerprint density at radius 2 is 2.21 bits per heavy atom. The van der Waals surface area contributed by atoms with Crippen LogP contribution in [-0.2, 0) is 14.4 Å². The number of carbonyl (C=O) groups is 3. The van der Waals surface area contributed by atoms with E-state index >= 15 is 0 Å². The van der Waals surface area contributed by atoms with Gasteiger partial charge in [-0.2, -0.15) is 0 Å². The fraction of sp³-hybridized carbons (Fsp3) is 0.667. The standard InChI is InChI=1S/C9H13NO4/c1-2-7(11)10-5-6(9(13)14)3-4-8(10)12/h6H,2-5H2,1H3,(H,13,14). The normalized spacial score (nSPS) is 22.2. The molecule has 0 spiro atoms. The molecule has 0 aliphatic carbocycles. The lowest BCUT2D eigenvalue weighted by Gasteiger charge is -2.28. The molecule has 1 aliphatic heterocycles. The van der Waals surface area contributed by atoms with Crippen LogP contribution in [-0.4, -0.2) is 34.3 Å². The number of hydrogen-bond donors (Lipinski definition) is 1. The molecule has 2 amide bonds. The quantitative estimate of drug-likeness (QED) is 0.691. The summed E-state index contributed by atoms with van der Waals surface area (Å²) < 4.78 is 0. The van der Waals surface area contributed by atoms with E-state index in [9.17, 15) is 14.4 Å². The van der Waals surface area contributed by atoms with E-state index in [-0.39, 0.29) is 31.2 Å². The van der Waals surface area contributed by atoms with Gasteiger partial charge in [-0.25, -0.2) is 0 Å². The van der Waals surface area contributed by atoms with Gasteiger partial charge in [0.15, 0.2) is 0 Å². The van der Waals surface area contributed by atoms with Gasteiger partial charge in [0, 0.05) is 19.4 Å². The van der Waals surface area contributed by atoms with Gasteiger partial charge in [0.1, 0.15) is 0 Å². The van der Waals surface area contributed by atoms with Crippen LogP contribution < -0.4 is 0 Å². The Hall–Kier alpha value is -1.39. The van der Waals surface area contributed by atoms with Gasteiger partial charge >= 0.3 is 5.97 Å². The molecule has 5 heteroatoms. The van der Waals surface area contributed by atoms with Crippen molar-refractivity contribution in [2.24, 2.45) is 5.92 Å². The first kappa shape index (κ1) is 10.7. The number of hydrogen-bond acceptors (Lipinski definition) is 3. The number of rotatable bonds is 2. The summed E-state index contributed by atoms with van der Waals surface area (Å²) in [5.74, 6) is -2.08. The number of nitrogens with zero attached hydrogens (tertiary/aromatic N) is 1. The molecule has 0 saturated carbocycles. The highest BCUT2D eigenvalue weighted by atomic mass is 16.4. The van der Waals surface area contributed by atoms with Gasteiger partial charge in [-0.05, 0) is 6.42 Å². The molecule has 1 saturated heterocycles. The fourth-order valence-electron chi connectivity index (χ4n) is 1.48. The number of imide groups is 1. The average Bonchev–Trinajstić information content (AvgIpc) is 2.17. The number of carbonyl (C=O) groups excluding carboxylic acids is 2. The minimum Gasteiger partial charge on any atom is -0.481 e. The minimum absolute atomic E-state index is 0.0286. The number of aliphatic carboxylic acids is 1. The topological polar surface area (TPSA) is 74.7 Å². The third kappa shape index (κ3) is 2.10. The van der Waals surface area contributed by atoms with Crippen LogP contribution in [0.5, 0.6) is 0 Å². The van der Waals surface area contributed by atoms with E-state index in [2.05, 4.69) is 0 Å². The number of piperidine rings is 1. The van der Waals surface area contributed by atoms with Crippen molar-refractivity contribution in [1.82, 2.24) is 4.90 Å². The zero-order valence-electron chi connectivity index (χ0n) is 8.02. The molecule has 1 heterocycles. The van der Waals surface area contributed by atoms with E-state index in [1.165, 1.54) is 0 Å². The molecule has 1 fully saturated rings. The molecule has 78 valence electrons. The molecule has 0 aromatic carbocycles. The van der Waals surface area contributed by atoms with Gasteiger partial charge in [-0.15, -0.1) is 0 Å². The lowest BCUT2D eigenvalue weighted by Crippen LogP contribution is -2.45. The SMILES string of the molecule is CCC(=O)N1CC(C(=O)O)CCC1=O. The Morgan fingerprint density at radius 1 is 1.57 bits per heavy atom. The number of likely N-dealkylation sites (tertiary alicyclic amines) is 1. The molecule has 0 radical (unpaired) electrons. The van der Waals surface area contributed by atoms with E-state index in [0.29, 0.717) is 6.42 Å². The van der Waals surface area contributed by atoms with Crippen molar-refractivity contribution in [1.29, 1.82) is 0 Å². The van der Waals surface area contributed by atoms with Crippen LogP contribution in [0.4, 0.5) is 0 Å². The molecule has 14 heavy (non-hydrogen) atoms. The smallest absolute Gasteiger partial charge is 0.308 e. The van der Waals surface area contributed by atoms with E-state index in [1.807, 2.05) is 0 Å². The van der Waals surface area contributed by atoms with Gasteiger partial charge in [0.25, 0.3) is 0 Å². The van der Waals surface area contributed by atoms with Crippen LogP contribution in [0.2, 0.25) is 0 Å². The zero-order valence-corrected chi connectivity index (χ0v) is 8.02. The predicted molar refractivity (Wildman–Crippen MR) is 47.4 cm³/mol. The summed E-state index contributed by atoms with van der Waals surface area (Å²) in [6.07, 6.45) is 0.725. The maximum atomic E-state index is 11.3. The number of carboxylic acids is 1. The van der Waals surface area contributed by atoms with E-state index < -0.39 is 11.9 Å². The Bertz CT molecular complexity index is 266. The van der Waals surface area contributed by atoms with Crippen LogP contribution in [0.1, 0.15) is 26.2 Å². The van der Waals surface area contributed by atoms with Crippen molar-refractivity contribution in [3.63, 3.8) is 0 Å². The highest BCUT2D eigenvalue weighted by Crippen LogP contribution is 2.18. The summed E-state index contributed by atoms with van der Waals surface area (Å²) in [6, 6.07) is 0. The lowest BCUT2D eigenvalue weighted by molar-refractivity contribution is -0.152. The molecular weight excluding hydrogens is 186 g/mol. The van der Waals surface area contributed by atoms with Crippen LogP contribution in [0.25, 0.3) is 0 Å². The van der Waals surface area contributed by atoms with Crippen molar-refractivity contribution in [2.45, 2.75) is 26.2 Å². The molecule has 5 nitrogen and oxygen atoms in total. The van der Waals surface area contributed by atoms with E-state index in [4.69, 9.17) is 5.11 Å². The minimum atomic E-state index is -0.939. The first-order chi connectivity index (χ1) is 6.56. The Balaban J connectivity index is 2.69. The van der Waals surface area contributed by atoms with Crippen LogP contribution >= 0.6 is 0 Å². The third-order valence-corrected chi connectivity index (χ3v) is 2.36. The Kier molecular flexibility index (Phi) is 3.22. The van der Waals surface area contributed by atoms with Crippen LogP contribution in [0, 0.1) is 5.92 Å². The maximum Gasteiger partial charge on any atom is 0.308 e. The highest BCUT2D eigenvalue weighted by molar-refractivity contribution is 5.96. The highest BCUT2D eigenvalue weighted by Gasteiger charge is 2.32. The van der Waals surface area contributed by atoms with Gasteiger partial charge in [0.2, 0.25) is 11.8 Å². The number of amides is 2. The summed E-state index contributed by atoms with van der Waals surface area (Å²) in [4.78, 5) is 34.3. The van der Waals surface area contributed by atoms with Crippen molar-refractivity contribution in [3.8, 4) is 0 Å². The second kappa shape index (κ2) is 4.21. The Morgan fingerprint density at radius 3 is 2.71 bits per heavy atom. The summed E-state index contributed by atoms with van der Waals surface area (Å²) in [5, 5.41) is 8.75. The van der Waals surface area contributed by atoms with Gasteiger partial charge in [-0.3, -0.25) is 19.3 Å². The summed E-state index contributed by atoms with van der Waals surface area (Å²) >= 11 is 0. The molecule has 1 unspecified atom stereocenters. The summed E-state index contributed by atoms with van der Waals surface area (Å²) in [5.41, 5.74) is 0. The second-order valence-corrected chi connectivity index (χ2v) is 3.33. The lowest BCUT2D eigenvalue weighted by atomic mass is 9.97. The first-order valence-corrected chi connectivity index (χ1v) is 4.62. The summed E-state index contributed by atoms with van der Waals surface area (Å²) in [6.45, 7) is 1.68. The molecule has 1 rings (SSSR count). The average molecular weight is 199 g/mol. The van der Waals surface area contributed by atoms with Crippen molar-refractivity contribution in [3.05, 3.63) is 0 Å². The Labute approximate surface area is 81.7 Å². The van der Waals surface area contributed by atoms with Crippen LogP contribution in [0.3, 0.4) is 0 Å². The third-order valence-electron chi connectivity index (χ3n) is 2.36. The largest absolute Gasteiger partial charge is 0.481 e. The molecule has 1 atom stereocenters. The van der Waals surface area contributed by atoms with Gasteiger partial charge < -0.3 is 5.11 Å². The molecule has 1 aliphatic rings. The van der Waals surface area contributed by atoms with Gasteiger partial charge in [-0.1, -0.05) is 6.92 Å². The van der Waals surface area contributed by atoms with E-state index in [1.54, 1.807) is 6.92 Å². The predicted octanol–water partition coefficient (Wildman–Crippen LogP) is 0.246. The number of carboxylic acid groups (broad SMARTS) is 1. The molecule has 0 aromatic rings. The van der Waals surface area contributed by atoms with Crippen molar-refractivity contribution >= 4 is 17.8 Å². The molecule has 0 aromatic heterocycles.